The third-order valence-corrected chi connectivity index (χ3v) is 4.13. The number of aryl methyl sites for hydroxylation is 2. The summed E-state index contributed by atoms with van der Waals surface area (Å²) < 4.78 is 34.2. The highest BCUT2D eigenvalue weighted by Crippen LogP contribution is 2.36. The van der Waals surface area contributed by atoms with Crippen LogP contribution in [-0.2, 0) is 11.2 Å². The minimum absolute atomic E-state index is 0.00381. The lowest BCUT2D eigenvalue weighted by atomic mass is 10.1. The minimum Gasteiger partial charge on any atom is -0.493 e. The Kier molecular flexibility index (Phi) is 7.24. The molecular formula is C20H20F2N2O5. The molecule has 0 unspecified atom stereocenters. The Hall–Kier alpha value is -3.49. The molecule has 0 saturated carbocycles. The molecule has 0 bridgehead atoms. The third-order valence-electron chi connectivity index (χ3n) is 4.13. The Bertz CT molecular complexity index is 945. The highest BCUT2D eigenvalue weighted by Gasteiger charge is 2.20. The highest BCUT2D eigenvalue weighted by atomic mass is 19.3. The van der Waals surface area contributed by atoms with Crippen molar-refractivity contribution in [3.05, 3.63) is 63.2 Å². The van der Waals surface area contributed by atoms with Gasteiger partial charge in [0, 0.05) is 11.8 Å². The van der Waals surface area contributed by atoms with Gasteiger partial charge in [-0.2, -0.15) is 8.78 Å². The fraction of sp³-hybridized carbons (Fsp3) is 0.250. The fourth-order valence-corrected chi connectivity index (χ4v) is 2.74. The van der Waals surface area contributed by atoms with Crippen LogP contribution in [0.1, 0.15) is 23.6 Å². The second-order valence-electron chi connectivity index (χ2n) is 5.98. The molecule has 0 aliphatic carbocycles. The number of anilines is 1. The SMILES string of the molecule is CCc1cccc(C)c1NC(=O)/C=C/c1cc(OC)c(OC(F)F)cc1[N+](=O)[O-]. The number of ether oxygens (including phenoxy) is 2. The van der Waals surface area contributed by atoms with E-state index in [0.29, 0.717) is 5.69 Å². The second-order valence-corrected chi connectivity index (χ2v) is 5.98. The maximum Gasteiger partial charge on any atom is 0.387 e. The number of carbonyl (C=O) groups excluding carboxylic acids is 1. The summed E-state index contributed by atoms with van der Waals surface area (Å²) in [4.78, 5) is 22.9. The lowest BCUT2D eigenvalue weighted by molar-refractivity contribution is -0.385. The van der Waals surface area contributed by atoms with Crippen LogP contribution in [0.3, 0.4) is 0 Å². The van der Waals surface area contributed by atoms with E-state index in [1.165, 1.54) is 13.2 Å². The number of carbonyl (C=O) groups is 1. The smallest absolute Gasteiger partial charge is 0.387 e. The zero-order valence-corrected chi connectivity index (χ0v) is 16.1. The molecule has 29 heavy (non-hydrogen) atoms. The molecule has 2 aromatic carbocycles. The van der Waals surface area contributed by atoms with Gasteiger partial charge in [-0.25, -0.2) is 0 Å². The molecule has 7 nitrogen and oxygen atoms in total. The first-order valence-corrected chi connectivity index (χ1v) is 8.65. The van der Waals surface area contributed by atoms with Crippen LogP contribution in [0.25, 0.3) is 6.08 Å². The molecule has 154 valence electrons. The summed E-state index contributed by atoms with van der Waals surface area (Å²) in [7, 11) is 1.21. The number of halogens is 2. The summed E-state index contributed by atoms with van der Waals surface area (Å²) >= 11 is 0. The monoisotopic (exact) mass is 406 g/mol. The van der Waals surface area contributed by atoms with E-state index in [1.807, 2.05) is 32.0 Å². The number of amides is 1. The van der Waals surface area contributed by atoms with Gasteiger partial charge in [-0.05, 0) is 36.6 Å². The van der Waals surface area contributed by atoms with Crippen molar-refractivity contribution in [1.82, 2.24) is 0 Å². The molecule has 0 aromatic heterocycles. The van der Waals surface area contributed by atoms with E-state index in [2.05, 4.69) is 10.1 Å². The number of nitro groups is 1. The predicted octanol–water partition coefficient (Wildman–Crippen LogP) is 4.73. The quantitative estimate of drug-likeness (QED) is 0.389. The molecule has 0 atom stereocenters. The lowest BCUT2D eigenvalue weighted by Gasteiger charge is -2.12. The van der Waals surface area contributed by atoms with E-state index in [1.54, 1.807) is 0 Å². The Morgan fingerprint density at radius 1 is 1.31 bits per heavy atom. The van der Waals surface area contributed by atoms with Gasteiger partial charge in [0.1, 0.15) is 0 Å². The van der Waals surface area contributed by atoms with Gasteiger partial charge in [0.15, 0.2) is 11.5 Å². The average molecular weight is 406 g/mol. The average Bonchev–Trinajstić information content (AvgIpc) is 2.67. The van der Waals surface area contributed by atoms with Crippen molar-refractivity contribution in [2.24, 2.45) is 0 Å². The number of nitrogens with one attached hydrogen (secondary N) is 1. The van der Waals surface area contributed by atoms with Gasteiger partial charge in [0.05, 0.1) is 23.7 Å². The maximum absolute atomic E-state index is 12.5. The van der Waals surface area contributed by atoms with Gasteiger partial charge >= 0.3 is 6.61 Å². The molecule has 0 spiro atoms. The van der Waals surface area contributed by atoms with E-state index in [4.69, 9.17) is 4.74 Å². The third kappa shape index (κ3) is 5.50. The zero-order chi connectivity index (χ0) is 21.6. The topological polar surface area (TPSA) is 90.7 Å². The van der Waals surface area contributed by atoms with E-state index >= 15 is 0 Å². The van der Waals surface area contributed by atoms with Crippen LogP contribution in [-0.4, -0.2) is 24.6 Å². The van der Waals surface area contributed by atoms with Crippen molar-refractivity contribution in [3.8, 4) is 11.5 Å². The summed E-state index contributed by atoms with van der Waals surface area (Å²) in [5, 5.41) is 14.1. The number of para-hydroxylation sites is 1. The summed E-state index contributed by atoms with van der Waals surface area (Å²) in [6.45, 7) is 0.645. The van der Waals surface area contributed by atoms with Crippen LogP contribution < -0.4 is 14.8 Å². The number of nitro benzene ring substituents is 1. The first-order valence-electron chi connectivity index (χ1n) is 8.65. The fourth-order valence-electron chi connectivity index (χ4n) is 2.74. The number of nitrogens with zero attached hydrogens (tertiary/aromatic N) is 1. The van der Waals surface area contributed by atoms with E-state index in [-0.39, 0.29) is 11.3 Å². The van der Waals surface area contributed by atoms with Crippen molar-refractivity contribution >= 4 is 23.4 Å². The number of hydrogen-bond acceptors (Lipinski definition) is 5. The molecule has 0 aliphatic rings. The lowest BCUT2D eigenvalue weighted by Crippen LogP contribution is -2.11. The first-order chi connectivity index (χ1) is 13.8. The molecule has 2 aromatic rings. The van der Waals surface area contributed by atoms with Gasteiger partial charge in [-0.1, -0.05) is 25.1 Å². The maximum atomic E-state index is 12.5. The summed E-state index contributed by atoms with van der Waals surface area (Å²) in [5.41, 5.74) is 2.01. The predicted molar refractivity (Wildman–Crippen MR) is 105 cm³/mol. The summed E-state index contributed by atoms with van der Waals surface area (Å²) in [6.07, 6.45) is 3.06. The van der Waals surface area contributed by atoms with E-state index < -0.39 is 28.9 Å². The Morgan fingerprint density at radius 2 is 2.03 bits per heavy atom. The van der Waals surface area contributed by atoms with Gasteiger partial charge in [0.25, 0.3) is 5.69 Å². The van der Waals surface area contributed by atoms with Gasteiger partial charge in [-0.15, -0.1) is 0 Å². The van der Waals surface area contributed by atoms with Crippen LogP contribution in [0.2, 0.25) is 0 Å². The minimum atomic E-state index is -3.17. The van der Waals surface area contributed by atoms with Gasteiger partial charge < -0.3 is 14.8 Å². The molecule has 2 rings (SSSR count). The Morgan fingerprint density at radius 3 is 2.62 bits per heavy atom. The van der Waals surface area contributed by atoms with E-state index in [0.717, 1.165) is 35.8 Å². The normalized spacial score (nSPS) is 11.0. The summed E-state index contributed by atoms with van der Waals surface area (Å²) in [6, 6.07) is 7.63. The zero-order valence-electron chi connectivity index (χ0n) is 16.1. The Labute approximate surface area is 166 Å². The van der Waals surface area contributed by atoms with Crippen LogP contribution in [0.5, 0.6) is 11.5 Å². The molecule has 0 aliphatic heterocycles. The molecular weight excluding hydrogens is 386 g/mol. The van der Waals surface area contributed by atoms with Crippen molar-refractivity contribution in [1.29, 1.82) is 0 Å². The largest absolute Gasteiger partial charge is 0.493 e. The van der Waals surface area contributed by atoms with Crippen molar-refractivity contribution in [2.45, 2.75) is 26.9 Å². The van der Waals surface area contributed by atoms with Crippen molar-refractivity contribution in [2.75, 3.05) is 12.4 Å². The highest BCUT2D eigenvalue weighted by molar-refractivity contribution is 6.03. The molecule has 9 heteroatoms. The van der Waals surface area contributed by atoms with Crippen LogP contribution in [0.4, 0.5) is 20.2 Å². The number of alkyl halides is 2. The number of benzene rings is 2. The second kappa shape index (κ2) is 9.63. The van der Waals surface area contributed by atoms with Crippen LogP contribution in [0.15, 0.2) is 36.4 Å². The number of methoxy groups -OCH3 is 1. The Balaban J connectivity index is 2.34. The number of rotatable bonds is 8. The van der Waals surface area contributed by atoms with Crippen molar-refractivity contribution in [3.63, 3.8) is 0 Å². The van der Waals surface area contributed by atoms with E-state index in [9.17, 15) is 23.7 Å². The summed E-state index contributed by atoms with van der Waals surface area (Å²) in [5.74, 6) is -1.08. The molecule has 1 N–H and O–H groups in total. The molecule has 0 heterocycles. The molecule has 0 saturated heterocycles. The molecule has 1 amide bonds. The number of hydrogen-bond donors (Lipinski definition) is 1. The van der Waals surface area contributed by atoms with Crippen LogP contribution in [0, 0.1) is 17.0 Å². The van der Waals surface area contributed by atoms with Crippen LogP contribution >= 0.6 is 0 Å². The molecule has 0 radical (unpaired) electrons. The van der Waals surface area contributed by atoms with Gasteiger partial charge in [0.2, 0.25) is 5.91 Å². The van der Waals surface area contributed by atoms with Gasteiger partial charge in [-0.3, -0.25) is 14.9 Å². The molecule has 0 fully saturated rings. The van der Waals surface area contributed by atoms with Crippen molar-refractivity contribution < 1.29 is 28.0 Å². The standard InChI is InChI=1S/C20H20F2N2O5/c1-4-13-7-5-6-12(2)19(13)23-18(25)9-8-14-10-16(28-3)17(29-20(21)22)11-15(14)24(26)27/h5-11,20H,4H2,1-3H3,(H,23,25)/b9-8+. The first kappa shape index (κ1) is 21.8.